The Morgan fingerprint density at radius 2 is 2.16 bits per heavy atom. The van der Waals surface area contributed by atoms with Crippen LogP contribution in [0.25, 0.3) is 0 Å². The lowest BCUT2D eigenvalue weighted by molar-refractivity contribution is 0.0411. The summed E-state index contributed by atoms with van der Waals surface area (Å²) in [6, 6.07) is 7.43. The third kappa shape index (κ3) is 6.52. The maximum atomic E-state index is 9.69. The molecule has 0 amide bonds. The van der Waals surface area contributed by atoms with Crippen LogP contribution in [0.3, 0.4) is 0 Å². The summed E-state index contributed by atoms with van der Waals surface area (Å²) in [5.41, 5.74) is 5.68. The minimum Gasteiger partial charge on any atom is -0.492 e. The molecule has 1 rings (SSSR count). The number of rotatable bonds is 7. The molecule has 0 atom stereocenters. The normalized spacial score (nSPS) is 11.6. The number of nitrogens with zero attached hydrogens (tertiary/aromatic N) is 1. The maximum absolute atomic E-state index is 9.69. The third-order valence-electron chi connectivity index (χ3n) is 2.52. The van der Waals surface area contributed by atoms with E-state index < -0.39 is 5.60 Å². The van der Waals surface area contributed by atoms with Crippen LogP contribution < -0.4 is 10.5 Å². The molecule has 1 aromatic rings. The van der Waals surface area contributed by atoms with Gasteiger partial charge < -0.3 is 20.5 Å². The van der Waals surface area contributed by atoms with E-state index >= 15 is 0 Å². The van der Waals surface area contributed by atoms with E-state index in [2.05, 4.69) is 0 Å². The maximum Gasteiger partial charge on any atom is 0.120 e. The fourth-order valence-electron chi connectivity index (χ4n) is 1.80. The fraction of sp³-hybridized carbons (Fsp3) is 0.500. The van der Waals surface area contributed by atoms with Crippen LogP contribution in [0.2, 0.25) is 0 Å². The highest BCUT2D eigenvalue weighted by atomic mass is 32.1. The zero-order chi connectivity index (χ0) is 14.5. The van der Waals surface area contributed by atoms with Crippen LogP contribution in [0.5, 0.6) is 5.75 Å². The molecule has 0 radical (unpaired) electrons. The van der Waals surface area contributed by atoms with E-state index in [-0.39, 0.29) is 0 Å². The number of aliphatic hydroxyl groups is 1. The summed E-state index contributed by atoms with van der Waals surface area (Å²) in [5, 5.41) is 9.69. The van der Waals surface area contributed by atoms with Crippen molar-refractivity contribution in [2.45, 2.75) is 19.4 Å². The highest BCUT2D eigenvalue weighted by molar-refractivity contribution is 7.80. The van der Waals surface area contributed by atoms with Gasteiger partial charge in [-0.3, -0.25) is 0 Å². The van der Waals surface area contributed by atoms with E-state index in [1.54, 1.807) is 13.8 Å². The van der Waals surface area contributed by atoms with Crippen molar-refractivity contribution in [2.24, 2.45) is 5.73 Å². The van der Waals surface area contributed by atoms with Crippen molar-refractivity contribution in [3.05, 3.63) is 29.8 Å². The molecule has 0 fully saturated rings. The van der Waals surface area contributed by atoms with Gasteiger partial charge in [0.05, 0.1) is 5.60 Å². The Balaban J connectivity index is 2.41. The summed E-state index contributed by atoms with van der Waals surface area (Å²) in [7, 11) is 1.95. The van der Waals surface area contributed by atoms with Crippen molar-refractivity contribution in [3.63, 3.8) is 0 Å². The Kier molecular flexibility index (Phi) is 5.72. The summed E-state index contributed by atoms with van der Waals surface area (Å²) in [6.07, 6.45) is 0. The SMILES string of the molecule is CN(CCOc1cccc(C(N)=S)c1)CC(C)(C)O. The van der Waals surface area contributed by atoms with Crippen molar-refractivity contribution >= 4 is 17.2 Å². The molecule has 0 unspecified atom stereocenters. The van der Waals surface area contributed by atoms with Gasteiger partial charge in [-0.05, 0) is 33.0 Å². The molecule has 0 saturated carbocycles. The van der Waals surface area contributed by atoms with Crippen molar-refractivity contribution in [1.82, 2.24) is 4.90 Å². The van der Waals surface area contributed by atoms with Crippen molar-refractivity contribution in [1.29, 1.82) is 0 Å². The number of benzene rings is 1. The first-order chi connectivity index (χ1) is 8.78. The molecule has 0 spiro atoms. The summed E-state index contributed by atoms with van der Waals surface area (Å²) >= 11 is 4.92. The topological polar surface area (TPSA) is 58.7 Å². The molecular weight excluding hydrogens is 260 g/mol. The summed E-state index contributed by atoms with van der Waals surface area (Å²) < 4.78 is 5.64. The summed E-state index contributed by atoms with van der Waals surface area (Å²) in [6.45, 7) is 5.46. The lowest BCUT2D eigenvalue weighted by Gasteiger charge is -2.25. The highest BCUT2D eigenvalue weighted by Crippen LogP contribution is 2.13. The van der Waals surface area contributed by atoms with E-state index in [1.165, 1.54) is 0 Å². The van der Waals surface area contributed by atoms with E-state index in [9.17, 15) is 5.11 Å². The fourth-order valence-corrected chi connectivity index (χ4v) is 1.93. The molecule has 3 N–H and O–H groups in total. The average molecular weight is 282 g/mol. The summed E-state index contributed by atoms with van der Waals surface area (Å²) in [4.78, 5) is 2.39. The van der Waals surface area contributed by atoms with Crippen LogP contribution in [0.1, 0.15) is 19.4 Å². The van der Waals surface area contributed by atoms with E-state index in [0.29, 0.717) is 18.1 Å². The number of nitrogens with two attached hydrogens (primary N) is 1. The Hall–Kier alpha value is -1.17. The largest absolute Gasteiger partial charge is 0.492 e. The number of hydrogen-bond acceptors (Lipinski definition) is 4. The van der Waals surface area contributed by atoms with Gasteiger partial charge >= 0.3 is 0 Å². The van der Waals surface area contributed by atoms with Crippen LogP contribution in [0.15, 0.2) is 24.3 Å². The third-order valence-corrected chi connectivity index (χ3v) is 2.75. The smallest absolute Gasteiger partial charge is 0.120 e. The Morgan fingerprint density at radius 3 is 2.74 bits per heavy atom. The van der Waals surface area contributed by atoms with Gasteiger partial charge in [-0.2, -0.15) is 0 Å². The van der Waals surface area contributed by atoms with Crippen LogP contribution in [0.4, 0.5) is 0 Å². The second kappa shape index (κ2) is 6.84. The lowest BCUT2D eigenvalue weighted by atomic mass is 10.1. The van der Waals surface area contributed by atoms with Gasteiger partial charge in [0.15, 0.2) is 0 Å². The number of likely N-dealkylation sites (N-methyl/N-ethyl adjacent to an activating group) is 1. The molecule has 0 aliphatic heterocycles. The monoisotopic (exact) mass is 282 g/mol. The first-order valence-electron chi connectivity index (χ1n) is 6.21. The molecule has 1 aromatic carbocycles. The molecule has 0 heterocycles. The van der Waals surface area contributed by atoms with E-state index in [4.69, 9.17) is 22.7 Å². The first kappa shape index (κ1) is 15.9. The lowest BCUT2D eigenvalue weighted by Crippen LogP contribution is -2.38. The van der Waals surface area contributed by atoms with Gasteiger partial charge in [0.25, 0.3) is 0 Å². The summed E-state index contributed by atoms with van der Waals surface area (Å²) in [5.74, 6) is 0.752. The number of ether oxygens (including phenoxy) is 1. The average Bonchev–Trinajstić information content (AvgIpc) is 2.27. The molecule has 0 aromatic heterocycles. The van der Waals surface area contributed by atoms with Gasteiger partial charge in [-0.15, -0.1) is 0 Å². The van der Waals surface area contributed by atoms with Gasteiger partial charge in [0.2, 0.25) is 0 Å². The zero-order valence-corrected chi connectivity index (χ0v) is 12.5. The molecule has 19 heavy (non-hydrogen) atoms. The second-order valence-electron chi connectivity index (χ2n) is 5.29. The number of thiocarbonyl (C=S) groups is 1. The minimum absolute atomic E-state index is 0.365. The standard InChI is InChI=1S/C14H22N2O2S/c1-14(2,17)10-16(3)7-8-18-12-6-4-5-11(9-12)13(15)19/h4-6,9,17H,7-8,10H2,1-3H3,(H2,15,19). The van der Waals surface area contributed by atoms with E-state index in [0.717, 1.165) is 17.9 Å². The zero-order valence-electron chi connectivity index (χ0n) is 11.7. The van der Waals surface area contributed by atoms with Gasteiger partial charge in [-0.25, -0.2) is 0 Å². The highest BCUT2D eigenvalue weighted by Gasteiger charge is 2.15. The van der Waals surface area contributed by atoms with Crippen molar-refractivity contribution in [2.75, 3.05) is 26.7 Å². The molecule has 4 nitrogen and oxygen atoms in total. The molecule has 0 saturated heterocycles. The number of hydrogen-bond donors (Lipinski definition) is 2. The Morgan fingerprint density at radius 1 is 1.47 bits per heavy atom. The minimum atomic E-state index is -0.694. The molecule has 0 bridgehead atoms. The van der Waals surface area contributed by atoms with Crippen LogP contribution in [-0.4, -0.2) is 47.3 Å². The second-order valence-corrected chi connectivity index (χ2v) is 5.73. The first-order valence-corrected chi connectivity index (χ1v) is 6.62. The van der Waals surface area contributed by atoms with Gasteiger partial charge in [0, 0.05) is 18.7 Å². The molecule has 5 heteroatoms. The Labute approximate surface area is 120 Å². The van der Waals surface area contributed by atoms with Gasteiger partial charge in [0.1, 0.15) is 17.3 Å². The molecule has 106 valence electrons. The predicted molar refractivity (Wildman–Crippen MR) is 81.6 cm³/mol. The quantitative estimate of drug-likeness (QED) is 0.740. The van der Waals surface area contributed by atoms with E-state index in [1.807, 2.05) is 36.2 Å². The van der Waals surface area contributed by atoms with Crippen molar-refractivity contribution < 1.29 is 9.84 Å². The van der Waals surface area contributed by atoms with Crippen LogP contribution >= 0.6 is 12.2 Å². The van der Waals surface area contributed by atoms with Crippen LogP contribution in [0, 0.1) is 0 Å². The van der Waals surface area contributed by atoms with Crippen LogP contribution in [-0.2, 0) is 0 Å². The molecular formula is C14H22N2O2S. The van der Waals surface area contributed by atoms with Gasteiger partial charge in [-0.1, -0.05) is 24.4 Å². The Bertz CT molecular complexity index is 430. The molecule has 0 aliphatic carbocycles. The van der Waals surface area contributed by atoms with Crippen molar-refractivity contribution in [3.8, 4) is 5.75 Å². The predicted octanol–water partition coefficient (Wildman–Crippen LogP) is 1.40. The molecule has 0 aliphatic rings.